The van der Waals surface area contributed by atoms with Crippen LogP contribution in [-0.2, 0) is 10.0 Å². The molecule has 1 saturated carbocycles. The third-order valence-corrected chi connectivity index (χ3v) is 8.82. The number of alkyl halides is 1. The third kappa shape index (κ3) is 5.06. The number of benzene rings is 1. The van der Waals surface area contributed by atoms with Gasteiger partial charge in [0, 0.05) is 44.0 Å². The van der Waals surface area contributed by atoms with E-state index in [9.17, 15) is 22.0 Å². The van der Waals surface area contributed by atoms with Crippen LogP contribution in [0.2, 0.25) is 0 Å². The van der Waals surface area contributed by atoms with Crippen LogP contribution in [0.5, 0.6) is 5.75 Å². The van der Waals surface area contributed by atoms with Crippen molar-refractivity contribution in [3.63, 3.8) is 0 Å². The Labute approximate surface area is 202 Å². The molecule has 2 aliphatic rings. The van der Waals surface area contributed by atoms with Gasteiger partial charge >= 0.3 is 5.56 Å². The summed E-state index contributed by atoms with van der Waals surface area (Å²) in [4.78, 5) is 15.2. The molecule has 0 amide bonds. The number of piperazine rings is 1. The van der Waals surface area contributed by atoms with Crippen LogP contribution in [0, 0.1) is 11.6 Å². The molecule has 2 aromatic rings. The van der Waals surface area contributed by atoms with E-state index in [1.165, 1.54) is 10.5 Å². The lowest BCUT2D eigenvalue weighted by Gasteiger charge is -2.36. The molecule has 2 unspecified atom stereocenters. The second-order valence-corrected chi connectivity index (χ2v) is 11.9. The molecule has 12 heteroatoms. The normalized spacial score (nSPS) is 21.9. The first-order valence-corrected chi connectivity index (χ1v) is 13.1. The Bertz CT molecular complexity index is 1200. The zero-order valence-electron chi connectivity index (χ0n) is 19.0. The molecule has 1 saturated heterocycles. The van der Waals surface area contributed by atoms with Crippen molar-refractivity contribution in [1.82, 2.24) is 14.1 Å². The smallest absolute Gasteiger partial charge is 0.316 e. The lowest BCUT2D eigenvalue weighted by molar-refractivity contribution is 0.206. The lowest BCUT2D eigenvalue weighted by Crippen LogP contribution is -2.50. The molecule has 2 atom stereocenters. The maximum absolute atomic E-state index is 13.8. The molecule has 2 heterocycles. The van der Waals surface area contributed by atoms with Gasteiger partial charge < -0.3 is 9.64 Å². The fourth-order valence-corrected chi connectivity index (χ4v) is 5.85. The molecule has 34 heavy (non-hydrogen) atoms. The number of anilines is 1. The molecule has 0 spiro atoms. The van der Waals surface area contributed by atoms with Gasteiger partial charge in [-0.05, 0) is 38.8 Å². The highest BCUT2D eigenvalue weighted by Gasteiger charge is 2.32. The van der Waals surface area contributed by atoms with Crippen LogP contribution >= 0.6 is 11.6 Å². The van der Waals surface area contributed by atoms with Crippen LogP contribution in [0.4, 0.5) is 14.5 Å². The fourth-order valence-electron chi connectivity index (χ4n) is 4.25. The summed E-state index contributed by atoms with van der Waals surface area (Å²) in [6.45, 7) is 4.46. The monoisotopic (exact) mass is 516 g/mol. The summed E-state index contributed by atoms with van der Waals surface area (Å²) in [7, 11) is -3.39. The van der Waals surface area contributed by atoms with E-state index >= 15 is 0 Å². The van der Waals surface area contributed by atoms with Gasteiger partial charge in [-0.15, -0.1) is 11.6 Å². The van der Waals surface area contributed by atoms with E-state index in [-0.39, 0.29) is 36.0 Å². The van der Waals surface area contributed by atoms with Crippen molar-refractivity contribution < 1.29 is 21.9 Å². The minimum atomic E-state index is -3.39. The molecule has 186 valence electrons. The first-order chi connectivity index (χ1) is 16.1. The van der Waals surface area contributed by atoms with Gasteiger partial charge in [0.2, 0.25) is 15.8 Å². The quantitative estimate of drug-likeness (QED) is 0.549. The Kier molecular flexibility index (Phi) is 7.16. The van der Waals surface area contributed by atoms with Crippen molar-refractivity contribution in [2.75, 3.05) is 31.1 Å². The van der Waals surface area contributed by atoms with E-state index in [1.54, 1.807) is 13.8 Å². The number of sulfonamides is 1. The van der Waals surface area contributed by atoms with Gasteiger partial charge in [0.05, 0.1) is 17.1 Å². The van der Waals surface area contributed by atoms with Crippen molar-refractivity contribution >= 4 is 27.3 Å². The highest BCUT2D eigenvalue weighted by Crippen LogP contribution is 2.32. The molecular weight excluding hydrogens is 490 g/mol. The Hall–Kier alpha value is -2.24. The number of hydrogen-bond acceptors (Lipinski definition) is 6. The number of rotatable bonds is 6. The van der Waals surface area contributed by atoms with Gasteiger partial charge in [-0.1, -0.05) is 0 Å². The summed E-state index contributed by atoms with van der Waals surface area (Å²) in [5.41, 5.74) is -0.302. The number of nitrogens with zero attached hydrogens (tertiary/aromatic N) is 4. The van der Waals surface area contributed by atoms with Gasteiger partial charge in [0.15, 0.2) is 0 Å². The van der Waals surface area contributed by atoms with Crippen LogP contribution in [0.1, 0.15) is 33.1 Å². The Morgan fingerprint density at radius 3 is 2.29 bits per heavy atom. The third-order valence-electron chi connectivity index (χ3n) is 6.15. The van der Waals surface area contributed by atoms with Gasteiger partial charge in [0.25, 0.3) is 0 Å². The topological polar surface area (TPSA) is 84.7 Å². The highest BCUT2D eigenvalue weighted by molar-refractivity contribution is 7.89. The Morgan fingerprint density at radius 1 is 1.09 bits per heavy atom. The Morgan fingerprint density at radius 2 is 1.74 bits per heavy atom. The summed E-state index contributed by atoms with van der Waals surface area (Å²) in [6.07, 6.45) is 3.12. The van der Waals surface area contributed by atoms with Crippen molar-refractivity contribution in [2.45, 2.75) is 49.8 Å². The van der Waals surface area contributed by atoms with Gasteiger partial charge in [-0.2, -0.15) is 14.1 Å². The minimum Gasteiger partial charge on any atom is -0.483 e. The van der Waals surface area contributed by atoms with Crippen LogP contribution < -0.4 is 15.2 Å². The molecule has 2 fully saturated rings. The molecule has 1 aliphatic heterocycles. The van der Waals surface area contributed by atoms with Crippen molar-refractivity contribution in [3.05, 3.63) is 46.4 Å². The average Bonchev–Trinajstić information content (AvgIpc) is 3.19. The summed E-state index contributed by atoms with van der Waals surface area (Å²) in [6, 6.07) is 2.74. The van der Waals surface area contributed by atoms with E-state index in [4.69, 9.17) is 16.3 Å². The molecular formula is C22H27ClF2N4O4S. The number of hydrogen-bond donors (Lipinski definition) is 0. The average molecular weight is 517 g/mol. The summed E-state index contributed by atoms with van der Waals surface area (Å²) in [5, 5.41) is 3.56. The number of halogens is 3. The molecule has 1 aliphatic carbocycles. The minimum absolute atomic E-state index is 0.00982. The standard InChI is InChI=1S/C22H27ClF2N4O4S/c1-14(2)34(31,32)28-7-5-27(6-8-28)20-13-26-29(18-11-16(24)10-17(25)12-18)22(30)21(20)33-19-4-3-15(23)9-19/h10-15,19H,3-9H2,1-2H3. The first-order valence-electron chi connectivity index (χ1n) is 11.2. The lowest BCUT2D eigenvalue weighted by atomic mass is 10.2. The summed E-state index contributed by atoms with van der Waals surface area (Å²) in [5.74, 6) is -1.66. The van der Waals surface area contributed by atoms with E-state index in [0.717, 1.165) is 23.2 Å². The summed E-state index contributed by atoms with van der Waals surface area (Å²) < 4.78 is 61.0. The fraction of sp³-hybridized carbons (Fsp3) is 0.545. The molecule has 1 aromatic heterocycles. The maximum Gasteiger partial charge on any atom is 0.316 e. The molecule has 0 radical (unpaired) electrons. The molecule has 4 rings (SSSR count). The first kappa shape index (κ1) is 24.9. The van der Waals surface area contributed by atoms with Crippen molar-refractivity contribution in [3.8, 4) is 11.4 Å². The second-order valence-electron chi connectivity index (χ2n) is 8.83. The predicted octanol–water partition coefficient (Wildman–Crippen LogP) is 2.91. The predicted molar refractivity (Wildman–Crippen MR) is 125 cm³/mol. The van der Waals surface area contributed by atoms with Crippen LogP contribution in [0.25, 0.3) is 5.69 Å². The van der Waals surface area contributed by atoms with Gasteiger partial charge in [-0.3, -0.25) is 4.79 Å². The SMILES string of the molecule is CC(C)S(=O)(=O)N1CCN(c2cnn(-c3cc(F)cc(F)c3)c(=O)c2OC2CCC(Cl)C2)CC1. The number of ether oxygens (including phenoxy) is 1. The summed E-state index contributed by atoms with van der Waals surface area (Å²) >= 11 is 6.22. The van der Waals surface area contributed by atoms with Crippen LogP contribution in [0.15, 0.2) is 29.2 Å². The van der Waals surface area contributed by atoms with E-state index < -0.39 is 32.5 Å². The molecule has 0 bridgehead atoms. The van der Waals surface area contributed by atoms with Crippen LogP contribution in [0.3, 0.4) is 0 Å². The van der Waals surface area contributed by atoms with E-state index in [0.29, 0.717) is 37.7 Å². The number of aromatic nitrogens is 2. The zero-order chi connectivity index (χ0) is 24.6. The maximum atomic E-state index is 13.8. The zero-order valence-corrected chi connectivity index (χ0v) is 20.5. The van der Waals surface area contributed by atoms with Crippen molar-refractivity contribution in [2.24, 2.45) is 0 Å². The molecule has 0 N–H and O–H groups in total. The largest absolute Gasteiger partial charge is 0.483 e. The van der Waals surface area contributed by atoms with Crippen molar-refractivity contribution in [1.29, 1.82) is 0 Å². The molecule has 8 nitrogen and oxygen atoms in total. The highest BCUT2D eigenvalue weighted by atomic mass is 35.5. The van der Waals surface area contributed by atoms with E-state index in [2.05, 4.69) is 5.10 Å². The van der Waals surface area contributed by atoms with Gasteiger partial charge in [-0.25, -0.2) is 17.2 Å². The van der Waals surface area contributed by atoms with Gasteiger partial charge in [0.1, 0.15) is 23.4 Å². The molecule has 1 aromatic carbocycles. The van der Waals surface area contributed by atoms with Crippen LogP contribution in [-0.4, -0.2) is 65.4 Å². The Balaban J connectivity index is 1.68. The van der Waals surface area contributed by atoms with E-state index in [1.807, 2.05) is 4.90 Å². The second kappa shape index (κ2) is 9.79.